The molecule has 0 amide bonds. The SMILES string of the molecule is COC(=O)CC(CN)c1ccc(OC)nc1. The molecule has 1 unspecified atom stereocenters. The summed E-state index contributed by atoms with van der Waals surface area (Å²) in [6.45, 7) is 0.378. The third-order valence-electron chi connectivity index (χ3n) is 2.37. The number of pyridine rings is 1. The van der Waals surface area contributed by atoms with Crippen LogP contribution in [0.4, 0.5) is 0 Å². The Morgan fingerprint density at radius 3 is 2.69 bits per heavy atom. The van der Waals surface area contributed by atoms with Crippen molar-refractivity contribution < 1.29 is 14.3 Å². The van der Waals surface area contributed by atoms with Crippen LogP contribution < -0.4 is 10.5 Å². The Labute approximate surface area is 94.6 Å². The molecule has 5 nitrogen and oxygen atoms in total. The topological polar surface area (TPSA) is 74.4 Å². The van der Waals surface area contributed by atoms with Gasteiger partial charge in [-0.1, -0.05) is 6.07 Å². The zero-order chi connectivity index (χ0) is 12.0. The average molecular weight is 224 g/mol. The van der Waals surface area contributed by atoms with Crippen LogP contribution in [0.1, 0.15) is 17.9 Å². The maximum atomic E-state index is 11.2. The molecule has 1 aromatic heterocycles. The van der Waals surface area contributed by atoms with E-state index in [0.29, 0.717) is 12.4 Å². The Kier molecular flexibility index (Phi) is 4.72. The highest BCUT2D eigenvalue weighted by Gasteiger charge is 2.15. The lowest BCUT2D eigenvalue weighted by Crippen LogP contribution is -2.17. The van der Waals surface area contributed by atoms with Gasteiger partial charge in [0.05, 0.1) is 20.6 Å². The number of aromatic nitrogens is 1. The minimum Gasteiger partial charge on any atom is -0.481 e. The molecule has 0 saturated heterocycles. The molecule has 0 radical (unpaired) electrons. The monoisotopic (exact) mass is 224 g/mol. The molecule has 0 spiro atoms. The molecule has 16 heavy (non-hydrogen) atoms. The van der Waals surface area contributed by atoms with Crippen molar-refractivity contribution in [2.75, 3.05) is 20.8 Å². The fourth-order valence-corrected chi connectivity index (χ4v) is 1.38. The van der Waals surface area contributed by atoms with Crippen LogP contribution in [0.25, 0.3) is 0 Å². The van der Waals surface area contributed by atoms with Crippen LogP contribution in [0.5, 0.6) is 5.88 Å². The first-order valence-electron chi connectivity index (χ1n) is 4.98. The molecule has 1 atom stereocenters. The van der Waals surface area contributed by atoms with Gasteiger partial charge in [-0.15, -0.1) is 0 Å². The zero-order valence-electron chi connectivity index (χ0n) is 9.47. The number of rotatable bonds is 5. The lowest BCUT2D eigenvalue weighted by molar-refractivity contribution is -0.141. The Bertz CT molecular complexity index is 338. The van der Waals surface area contributed by atoms with Crippen LogP contribution in [0.2, 0.25) is 0 Å². The first-order valence-corrected chi connectivity index (χ1v) is 4.98. The number of carbonyl (C=O) groups is 1. The highest BCUT2D eigenvalue weighted by Crippen LogP contribution is 2.19. The second kappa shape index (κ2) is 6.07. The van der Waals surface area contributed by atoms with Crippen LogP contribution in [-0.4, -0.2) is 31.7 Å². The van der Waals surface area contributed by atoms with E-state index in [0.717, 1.165) is 5.56 Å². The van der Waals surface area contributed by atoms with Gasteiger partial charge in [-0.25, -0.2) is 4.98 Å². The fourth-order valence-electron chi connectivity index (χ4n) is 1.38. The Morgan fingerprint density at radius 1 is 1.50 bits per heavy atom. The molecule has 1 rings (SSSR count). The summed E-state index contributed by atoms with van der Waals surface area (Å²) in [5, 5.41) is 0. The van der Waals surface area contributed by atoms with Crippen LogP contribution in [0.15, 0.2) is 18.3 Å². The molecule has 88 valence electrons. The van der Waals surface area contributed by atoms with Crippen molar-refractivity contribution in [2.24, 2.45) is 5.73 Å². The van der Waals surface area contributed by atoms with Crippen molar-refractivity contribution in [3.05, 3.63) is 23.9 Å². The summed E-state index contributed by atoms with van der Waals surface area (Å²) in [4.78, 5) is 15.2. The standard InChI is InChI=1S/C11H16N2O3/c1-15-10-4-3-8(7-13-10)9(6-12)5-11(14)16-2/h3-4,7,9H,5-6,12H2,1-2H3. The van der Waals surface area contributed by atoms with Gasteiger partial charge >= 0.3 is 5.97 Å². The second-order valence-electron chi connectivity index (χ2n) is 3.35. The number of hydrogen-bond donors (Lipinski definition) is 1. The van der Waals surface area contributed by atoms with Gasteiger partial charge in [0.15, 0.2) is 0 Å². The van der Waals surface area contributed by atoms with Gasteiger partial charge in [0.2, 0.25) is 5.88 Å². The Balaban J connectivity index is 2.74. The highest BCUT2D eigenvalue weighted by molar-refractivity contribution is 5.70. The average Bonchev–Trinajstić information content (AvgIpc) is 2.35. The van der Waals surface area contributed by atoms with Crippen LogP contribution in [-0.2, 0) is 9.53 Å². The highest BCUT2D eigenvalue weighted by atomic mass is 16.5. The van der Waals surface area contributed by atoms with Crippen molar-refractivity contribution in [2.45, 2.75) is 12.3 Å². The Hall–Kier alpha value is -1.62. The van der Waals surface area contributed by atoms with E-state index < -0.39 is 0 Å². The molecule has 0 bridgehead atoms. The summed E-state index contributed by atoms with van der Waals surface area (Å²) in [5.41, 5.74) is 6.52. The predicted octanol–water partition coefficient (Wildman–Crippen LogP) is 0.696. The molecule has 0 aliphatic heterocycles. The van der Waals surface area contributed by atoms with Gasteiger partial charge in [0, 0.05) is 18.2 Å². The summed E-state index contributed by atoms with van der Waals surface area (Å²) in [5.74, 6) is 0.203. The van der Waals surface area contributed by atoms with E-state index in [1.54, 1.807) is 19.4 Å². The van der Waals surface area contributed by atoms with Crippen LogP contribution >= 0.6 is 0 Å². The molecular formula is C11H16N2O3. The normalized spacial score (nSPS) is 11.9. The number of nitrogens with zero attached hydrogens (tertiary/aromatic N) is 1. The van der Waals surface area contributed by atoms with E-state index in [1.807, 2.05) is 6.07 Å². The van der Waals surface area contributed by atoms with E-state index in [4.69, 9.17) is 10.5 Å². The molecule has 1 aromatic rings. The molecule has 1 heterocycles. The number of esters is 1. The summed E-state index contributed by atoms with van der Waals surface area (Å²) in [6.07, 6.45) is 1.93. The first-order chi connectivity index (χ1) is 7.71. The van der Waals surface area contributed by atoms with Crippen LogP contribution in [0.3, 0.4) is 0 Å². The summed E-state index contributed by atoms with van der Waals surface area (Å²) in [7, 11) is 2.92. The molecule has 0 aromatic carbocycles. The van der Waals surface area contributed by atoms with E-state index in [-0.39, 0.29) is 18.3 Å². The minimum absolute atomic E-state index is 0.0640. The molecule has 2 N–H and O–H groups in total. The van der Waals surface area contributed by atoms with Crippen molar-refractivity contribution in [3.8, 4) is 5.88 Å². The molecule has 5 heteroatoms. The third-order valence-corrected chi connectivity index (χ3v) is 2.37. The summed E-state index contributed by atoms with van der Waals surface area (Å²) < 4.78 is 9.56. The van der Waals surface area contributed by atoms with Crippen LogP contribution in [0, 0.1) is 0 Å². The number of ether oxygens (including phenoxy) is 2. The van der Waals surface area contributed by atoms with Gasteiger partial charge < -0.3 is 15.2 Å². The fraction of sp³-hybridized carbons (Fsp3) is 0.455. The zero-order valence-corrected chi connectivity index (χ0v) is 9.47. The van der Waals surface area contributed by atoms with Crippen molar-refractivity contribution in [3.63, 3.8) is 0 Å². The molecule has 0 saturated carbocycles. The largest absolute Gasteiger partial charge is 0.481 e. The number of nitrogens with two attached hydrogens (primary N) is 1. The Morgan fingerprint density at radius 2 is 2.25 bits per heavy atom. The van der Waals surface area contributed by atoms with E-state index in [2.05, 4.69) is 9.72 Å². The minimum atomic E-state index is -0.272. The number of methoxy groups -OCH3 is 2. The first kappa shape index (κ1) is 12.4. The molecule has 0 fully saturated rings. The van der Waals surface area contributed by atoms with Gasteiger partial charge in [0.1, 0.15) is 0 Å². The van der Waals surface area contributed by atoms with Gasteiger partial charge in [-0.05, 0) is 12.1 Å². The van der Waals surface area contributed by atoms with Gasteiger partial charge in [0.25, 0.3) is 0 Å². The van der Waals surface area contributed by atoms with Crippen molar-refractivity contribution in [1.82, 2.24) is 4.98 Å². The maximum absolute atomic E-state index is 11.2. The van der Waals surface area contributed by atoms with Gasteiger partial charge in [-0.2, -0.15) is 0 Å². The molecule has 0 aliphatic rings. The third kappa shape index (κ3) is 3.20. The smallest absolute Gasteiger partial charge is 0.306 e. The van der Waals surface area contributed by atoms with E-state index in [9.17, 15) is 4.79 Å². The van der Waals surface area contributed by atoms with Gasteiger partial charge in [-0.3, -0.25) is 4.79 Å². The lowest BCUT2D eigenvalue weighted by atomic mass is 9.97. The second-order valence-corrected chi connectivity index (χ2v) is 3.35. The van der Waals surface area contributed by atoms with Crippen molar-refractivity contribution in [1.29, 1.82) is 0 Å². The summed E-state index contributed by atoms with van der Waals surface area (Å²) in [6, 6.07) is 3.60. The number of carbonyl (C=O) groups excluding carboxylic acids is 1. The van der Waals surface area contributed by atoms with E-state index in [1.165, 1.54) is 7.11 Å². The predicted molar refractivity (Wildman–Crippen MR) is 59.2 cm³/mol. The summed E-state index contributed by atoms with van der Waals surface area (Å²) >= 11 is 0. The molecular weight excluding hydrogens is 208 g/mol. The molecule has 0 aliphatic carbocycles. The lowest BCUT2D eigenvalue weighted by Gasteiger charge is -2.13. The van der Waals surface area contributed by atoms with E-state index >= 15 is 0 Å². The quantitative estimate of drug-likeness (QED) is 0.745. The number of hydrogen-bond acceptors (Lipinski definition) is 5. The van der Waals surface area contributed by atoms with Crippen molar-refractivity contribution >= 4 is 5.97 Å². The maximum Gasteiger partial charge on any atom is 0.306 e.